The summed E-state index contributed by atoms with van der Waals surface area (Å²) in [6, 6.07) is 2.30. The van der Waals surface area contributed by atoms with E-state index in [0.29, 0.717) is 6.61 Å². The molecule has 3 unspecified atom stereocenters. The third-order valence-electron chi connectivity index (χ3n) is 3.23. The molecule has 1 saturated carbocycles. The Morgan fingerprint density at radius 1 is 1.33 bits per heavy atom. The van der Waals surface area contributed by atoms with Crippen molar-refractivity contribution in [2.24, 2.45) is 5.92 Å². The van der Waals surface area contributed by atoms with Crippen molar-refractivity contribution in [3.05, 3.63) is 0 Å². The maximum absolute atomic E-state index is 11.7. The monoisotopic (exact) mass is 208 g/mol. The Kier molecular flexibility index (Phi) is 3.22. The van der Waals surface area contributed by atoms with Crippen molar-refractivity contribution in [2.45, 2.75) is 44.2 Å². The van der Waals surface area contributed by atoms with Gasteiger partial charge in [0.2, 0.25) is 5.91 Å². The van der Waals surface area contributed by atoms with Crippen molar-refractivity contribution in [3.63, 3.8) is 0 Å². The Morgan fingerprint density at radius 2 is 2.20 bits per heavy atom. The van der Waals surface area contributed by atoms with Gasteiger partial charge in [-0.3, -0.25) is 4.79 Å². The fourth-order valence-corrected chi connectivity index (χ4v) is 2.35. The molecule has 2 aliphatic rings. The molecule has 0 aromatic carbocycles. The topological polar surface area (TPSA) is 62.1 Å². The van der Waals surface area contributed by atoms with Gasteiger partial charge >= 0.3 is 0 Å². The van der Waals surface area contributed by atoms with Crippen LogP contribution in [0.15, 0.2) is 0 Å². The number of amides is 1. The van der Waals surface area contributed by atoms with E-state index in [1.807, 2.05) is 0 Å². The zero-order valence-corrected chi connectivity index (χ0v) is 8.74. The summed E-state index contributed by atoms with van der Waals surface area (Å²) in [5, 5.41) is 11.8. The molecule has 1 heterocycles. The second kappa shape index (κ2) is 4.63. The highest BCUT2D eigenvalue weighted by molar-refractivity contribution is 5.81. The minimum absolute atomic E-state index is 0.00430. The quantitative estimate of drug-likeness (QED) is 0.735. The molecule has 3 atom stereocenters. The number of carbonyl (C=O) groups excluding carboxylic acids is 1. The molecule has 0 aromatic rings. The summed E-state index contributed by atoms with van der Waals surface area (Å²) in [4.78, 5) is 11.7. The minimum Gasteiger partial charge on any atom is -0.368 e. The number of hydrogen-bond acceptors (Lipinski definition) is 3. The van der Waals surface area contributed by atoms with Gasteiger partial charge in [0.1, 0.15) is 6.10 Å². The van der Waals surface area contributed by atoms with E-state index in [4.69, 9.17) is 10.00 Å². The molecule has 2 fully saturated rings. The van der Waals surface area contributed by atoms with Crippen LogP contribution < -0.4 is 5.32 Å². The molecule has 1 N–H and O–H groups in total. The molecule has 15 heavy (non-hydrogen) atoms. The van der Waals surface area contributed by atoms with E-state index >= 15 is 0 Å². The number of nitrogens with one attached hydrogen (secondary N) is 1. The van der Waals surface area contributed by atoms with Crippen LogP contribution >= 0.6 is 0 Å². The molecule has 1 amide bonds. The molecule has 0 aromatic heterocycles. The van der Waals surface area contributed by atoms with Gasteiger partial charge < -0.3 is 10.1 Å². The highest BCUT2D eigenvalue weighted by atomic mass is 16.5. The van der Waals surface area contributed by atoms with Crippen molar-refractivity contribution in [1.82, 2.24) is 5.32 Å². The molecule has 2 rings (SSSR count). The molecular formula is C11H16N2O2. The van der Waals surface area contributed by atoms with E-state index in [-0.39, 0.29) is 24.0 Å². The summed E-state index contributed by atoms with van der Waals surface area (Å²) in [6.07, 6.45) is 4.38. The highest BCUT2D eigenvalue weighted by Gasteiger charge is 2.31. The lowest BCUT2D eigenvalue weighted by Crippen LogP contribution is -2.42. The summed E-state index contributed by atoms with van der Waals surface area (Å²) < 4.78 is 5.30. The van der Waals surface area contributed by atoms with Crippen LogP contribution in [0.1, 0.15) is 32.1 Å². The fraction of sp³-hybridized carbons (Fsp3) is 0.818. The SMILES string of the molecule is N#CC1CCCC1NC(=O)C1CCCO1. The van der Waals surface area contributed by atoms with Gasteiger partial charge in [-0.25, -0.2) is 0 Å². The largest absolute Gasteiger partial charge is 0.368 e. The second-order valence-electron chi connectivity index (χ2n) is 4.28. The van der Waals surface area contributed by atoms with E-state index < -0.39 is 0 Å². The van der Waals surface area contributed by atoms with Crippen LogP contribution in [0.3, 0.4) is 0 Å². The van der Waals surface area contributed by atoms with Crippen molar-refractivity contribution in [1.29, 1.82) is 5.26 Å². The molecule has 82 valence electrons. The van der Waals surface area contributed by atoms with Gasteiger partial charge in [-0.15, -0.1) is 0 Å². The van der Waals surface area contributed by atoms with E-state index in [0.717, 1.165) is 32.1 Å². The number of hydrogen-bond donors (Lipinski definition) is 1. The van der Waals surface area contributed by atoms with Gasteiger partial charge in [-0.05, 0) is 32.1 Å². The van der Waals surface area contributed by atoms with E-state index in [9.17, 15) is 4.79 Å². The molecule has 1 aliphatic carbocycles. The zero-order valence-electron chi connectivity index (χ0n) is 8.74. The van der Waals surface area contributed by atoms with E-state index in [1.54, 1.807) is 0 Å². The molecule has 1 aliphatic heterocycles. The molecule has 0 radical (unpaired) electrons. The Labute approximate surface area is 89.6 Å². The van der Waals surface area contributed by atoms with Crippen LogP contribution in [0.25, 0.3) is 0 Å². The first-order valence-corrected chi connectivity index (χ1v) is 5.63. The summed E-state index contributed by atoms with van der Waals surface area (Å²) in [5.74, 6) is -0.0324. The average molecular weight is 208 g/mol. The number of ether oxygens (including phenoxy) is 1. The lowest BCUT2D eigenvalue weighted by molar-refractivity contribution is -0.130. The first-order chi connectivity index (χ1) is 7.31. The van der Waals surface area contributed by atoms with Crippen molar-refractivity contribution in [2.75, 3.05) is 6.61 Å². The zero-order chi connectivity index (χ0) is 10.7. The Balaban J connectivity index is 1.85. The maximum atomic E-state index is 11.7. The van der Waals surface area contributed by atoms with Crippen molar-refractivity contribution in [3.8, 4) is 6.07 Å². The van der Waals surface area contributed by atoms with Gasteiger partial charge in [0.15, 0.2) is 0 Å². The predicted molar refractivity (Wildman–Crippen MR) is 53.9 cm³/mol. The molecule has 4 heteroatoms. The normalized spacial score (nSPS) is 35.0. The van der Waals surface area contributed by atoms with Crippen molar-refractivity contribution >= 4 is 5.91 Å². The third kappa shape index (κ3) is 2.29. The van der Waals surface area contributed by atoms with E-state index in [2.05, 4.69) is 11.4 Å². The summed E-state index contributed by atoms with van der Waals surface area (Å²) in [6.45, 7) is 0.685. The molecule has 4 nitrogen and oxygen atoms in total. The summed E-state index contributed by atoms with van der Waals surface area (Å²) in [5.41, 5.74) is 0. The minimum atomic E-state index is -0.273. The first kappa shape index (κ1) is 10.4. The first-order valence-electron chi connectivity index (χ1n) is 5.63. The van der Waals surface area contributed by atoms with Crippen LogP contribution in [0.2, 0.25) is 0 Å². The predicted octanol–water partition coefficient (Wildman–Crippen LogP) is 0.974. The fourth-order valence-electron chi connectivity index (χ4n) is 2.35. The molecule has 0 spiro atoms. The molecule has 0 bridgehead atoms. The Hall–Kier alpha value is -1.08. The van der Waals surface area contributed by atoms with Gasteiger partial charge in [-0.2, -0.15) is 5.26 Å². The van der Waals surface area contributed by atoms with Gasteiger partial charge in [0.05, 0.1) is 12.0 Å². The van der Waals surface area contributed by atoms with Crippen LogP contribution in [0.4, 0.5) is 0 Å². The van der Waals surface area contributed by atoms with Gasteiger partial charge in [-0.1, -0.05) is 0 Å². The Bertz CT molecular complexity index is 279. The van der Waals surface area contributed by atoms with Crippen LogP contribution in [0.5, 0.6) is 0 Å². The third-order valence-corrected chi connectivity index (χ3v) is 3.23. The number of nitrogens with zero attached hydrogens (tertiary/aromatic N) is 1. The van der Waals surface area contributed by atoms with Crippen LogP contribution in [-0.4, -0.2) is 24.7 Å². The Morgan fingerprint density at radius 3 is 2.87 bits per heavy atom. The van der Waals surface area contributed by atoms with Crippen molar-refractivity contribution < 1.29 is 9.53 Å². The average Bonchev–Trinajstić information content (AvgIpc) is 2.87. The molecular weight excluding hydrogens is 192 g/mol. The summed E-state index contributed by atoms with van der Waals surface area (Å²) in [7, 11) is 0. The number of carbonyl (C=O) groups is 1. The highest BCUT2D eigenvalue weighted by Crippen LogP contribution is 2.25. The lowest BCUT2D eigenvalue weighted by Gasteiger charge is -2.18. The lowest BCUT2D eigenvalue weighted by atomic mass is 10.1. The maximum Gasteiger partial charge on any atom is 0.249 e. The smallest absolute Gasteiger partial charge is 0.249 e. The number of nitriles is 1. The van der Waals surface area contributed by atoms with E-state index in [1.165, 1.54) is 0 Å². The van der Waals surface area contributed by atoms with Crippen LogP contribution in [-0.2, 0) is 9.53 Å². The standard InChI is InChI=1S/C11H16N2O2/c12-7-8-3-1-4-9(8)13-11(14)10-5-2-6-15-10/h8-10H,1-6H2,(H,13,14). The van der Waals surface area contributed by atoms with Crippen LogP contribution in [0, 0.1) is 17.2 Å². The second-order valence-corrected chi connectivity index (χ2v) is 4.28. The summed E-state index contributed by atoms with van der Waals surface area (Å²) >= 11 is 0. The number of rotatable bonds is 2. The van der Waals surface area contributed by atoms with Gasteiger partial charge in [0.25, 0.3) is 0 Å². The molecule has 1 saturated heterocycles. The van der Waals surface area contributed by atoms with Gasteiger partial charge in [0, 0.05) is 12.6 Å².